The Kier molecular flexibility index (Phi) is 68.8. The smallest absolute Gasteiger partial charge is 0.462 e. The summed E-state index contributed by atoms with van der Waals surface area (Å²) in [6, 6.07) is 0. The van der Waals surface area contributed by atoms with Gasteiger partial charge in [0.05, 0.1) is 27.7 Å². The van der Waals surface area contributed by atoms with Crippen molar-refractivity contribution in [2.75, 3.05) is 47.5 Å². The van der Waals surface area contributed by atoms with E-state index in [0.717, 1.165) is 180 Å². The number of ether oxygens (including phenoxy) is 2. The molecule has 0 bridgehead atoms. The molecule has 0 aromatic heterocycles. The molecule has 0 aliphatic rings. The van der Waals surface area contributed by atoms with Crippen LogP contribution in [0.25, 0.3) is 0 Å². The van der Waals surface area contributed by atoms with Crippen LogP contribution in [0.4, 0.5) is 0 Å². The summed E-state index contributed by atoms with van der Waals surface area (Å²) >= 11 is 0. The zero-order chi connectivity index (χ0) is 69.7. The fourth-order valence-corrected chi connectivity index (χ4v) is 9.84. The Morgan fingerprint density at radius 2 is 0.562 bits per heavy atom. The third-order valence-electron chi connectivity index (χ3n) is 14.7. The van der Waals surface area contributed by atoms with E-state index in [1.165, 1.54) is 25.7 Å². The van der Waals surface area contributed by atoms with Gasteiger partial charge >= 0.3 is 19.8 Å². The number of phosphoric acid groups is 1. The van der Waals surface area contributed by atoms with E-state index < -0.39 is 32.5 Å². The fourth-order valence-electron chi connectivity index (χ4n) is 9.09. The minimum Gasteiger partial charge on any atom is -0.462 e. The van der Waals surface area contributed by atoms with Gasteiger partial charge in [0.1, 0.15) is 19.8 Å². The average Bonchev–Trinajstić information content (AvgIpc) is 1.98. The Bertz CT molecular complexity index is 2480. The molecule has 9 nitrogen and oxygen atoms in total. The highest BCUT2D eigenvalue weighted by atomic mass is 31.2. The summed E-state index contributed by atoms with van der Waals surface area (Å²) in [4.78, 5) is 35.9. The molecule has 0 fully saturated rings. The number of unbranched alkanes of at least 4 members (excludes halogenated alkanes) is 13. The monoisotopic (exact) mass is 1340 g/mol. The number of likely N-dealkylation sites (N-methyl/N-ethyl adjacent to an activating group) is 1. The zero-order valence-electron chi connectivity index (χ0n) is 61.0. The lowest BCUT2D eigenvalue weighted by atomic mass is 10.1. The number of rotatable bonds is 65. The average molecular weight is 1340 g/mol. The Balaban J connectivity index is 4.20. The molecule has 0 radical (unpaired) electrons. The zero-order valence-corrected chi connectivity index (χ0v) is 61.9. The quantitative estimate of drug-likeness (QED) is 0.0211. The van der Waals surface area contributed by atoms with Crippen molar-refractivity contribution in [2.24, 2.45) is 0 Å². The predicted octanol–water partition coefficient (Wildman–Crippen LogP) is 24.9. The summed E-state index contributed by atoms with van der Waals surface area (Å²) in [5, 5.41) is 0. The third kappa shape index (κ3) is 77.1. The molecular formula is C86H135NO8P+. The number of phosphoric ester groups is 1. The second-order valence-electron chi connectivity index (χ2n) is 24.9. The van der Waals surface area contributed by atoms with Crippen LogP contribution in [-0.2, 0) is 32.7 Å². The minimum atomic E-state index is -4.42. The number of nitrogens with zero attached hydrogens (tertiary/aromatic N) is 1. The van der Waals surface area contributed by atoms with Crippen LogP contribution in [-0.4, -0.2) is 74.9 Å². The van der Waals surface area contributed by atoms with E-state index in [2.05, 4.69) is 245 Å². The lowest BCUT2D eigenvalue weighted by Gasteiger charge is -2.24. The predicted molar refractivity (Wildman–Crippen MR) is 417 cm³/mol. The number of allylic oxidation sites excluding steroid dienone is 38. The van der Waals surface area contributed by atoms with Gasteiger partial charge in [-0.15, -0.1) is 0 Å². The highest BCUT2D eigenvalue weighted by Gasteiger charge is 2.27. The van der Waals surface area contributed by atoms with Crippen molar-refractivity contribution in [1.82, 2.24) is 0 Å². The molecule has 0 saturated carbocycles. The van der Waals surface area contributed by atoms with Crippen LogP contribution >= 0.6 is 7.82 Å². The highest BCUT2D eigenvalue weighted by Crippen LogP contribution is 2.43. The van der Waals surface area contributed by atoms with E-state index in [-0.39, 0.29) is 26.1 Å². The van der Waals surface area contributed by atoms with Crippen molar-refractivity contribution in [2.45, 2.75) is 251 Å². The van der Waals surface area contributed by atoms with E-state index in [9.17, 15) is 19.0 Å². The van der Waals surface area contributed by atoms with Gasteiger partial charge in [-0.25, -0.2) is 4.57 Å². The van der Waals surface area contributed by atoms with E-state index in [4.69, 9.17) is 18.5 Å². The van der Waals surface area contributed by atoms with Gasteiger partial charge in [-0.3, -0.25) is 18.6 Å². The van der Waals surface area contributed by atoms with Gasteiger partial charge in [-0.1, -0.05) is 303 Å². The topological polar surface area (TPSA) is 108 Å². The second-order valence-corrected chi connectivity index (χ2v) is 26.3. The number of hydrogen-bond donors (Lipinski definition) is 1. The van der Waals surface area contributed by atoms with Crippen LogP contribution in [0.3, 0.4) is 0 Å². The SMILES string of the molecule is CC/C=C\C/C=C\C/C=C\C/C=C\C/C=C\C/C=C\C/C=C\C/C=C\C/C=C\C/C=C\C/C=C\CCCCCCCC(=O)OC(COC(=O)CCCCCCCCCC/C=C\C/C=C\C/C=C\C/C=C\C/C=C\C/C=C\C/C=C\C/C=C\CC)COP(=O)(O)OCC[N+](C)(C)C. The van der Waals surface area contributed by atoms with Gasteiger partial charge in [0.25, 0.3) is 0 Å². The van der Waals surface area contributed by atoms with Gasteiger partial charge in [0, 0.05) is 12.8 Å². The lowest BCUT2D eigenvalue weighted by Crippen LogP contribution is -2.37. The van der Waals surface area contributed by atoms with Crippen LogP contribution in [0.5, 0.6) is 0 Å². The van der Waals surface area contributed by atoms with E-state index >= 15 is 0 Å². The molecule has 2 unspecified atom stereocenters. The summed E-state index contributed by atoms with van der Waals surface area (Å²) < 4.78 is 34.7. The standard InChI is InChI=1S/C86H134NO8P/c1-6-8-10-12-14-16-18-20-22-24-26-28-30-32-34-36-38-40-41-42-43-44-45-47-49-51-53-55-57-59-61-63-65-67-69-71-73-75-77-79-86(89)95-84(83-94-96(90,91)93-81-80-87(3,4)5)82-92-85(88)78-76-74-72-70-68-66-64-62-60-58-56-54-52-50-48-46-39-37-35-33-31-29-27-25-23-21-19-17-15-13-11-9-7-2/h8-11,14-17,20-23,26-29,32-35,38-40,42-43,45-47,50-53,56-59,63,65,84H,6-7,12-13,18-19,24-25,30-31,36-37,41,44,48-49,54-55,60-62,64,66-83H2,1-5H3/p+1/b10-8-,11-9-,16-14-,17-15-,22-20-,23-21-,28-26-,29-27-,34-32-,35-33-,40-38-,43-42-,46-39-,47-45-,52-50-,53-51-,58-56-,59-57-,65-63-. The van der Waals surface area contributed by atoms with Gasteiger partial charge in [-0.2, -0.15) is 0 Å². The van der Waals surface area contributed by atoms with E-state index in [1.807, 2.05) is 21.1 Å². The lowest BCUT2D eigenvalue weighted by molar-refractivity contribution is -0.870. The normalized spacial score (nSPS) is 14.4. The molecule has 96 heavy (non-hydrogen) atoms. The first-order chi connectivity index (χ1) is 47.0. The molecule has 536 valence electrons. The number of quaternary nitrogens is 1. The molecule has 0 saturated heterocycles. The fraction of sp³-hybridized carbons (Fsp3) is 0.535. The first-order valence-corrected chi connectivity index (χ1v) is 38.6. The Hall–Kier alpha value is -5.93. The Labute approximate surface area is 588 Å². The van der Waals surface area contributed by atoms with Crippen molar-refractivity contribution >= 4 is 19.8 Å². The van der Waals surface area contributed by atoms with Gasteiger partial charge in [0.15, 0.2) is 6.10 Å². The molecular weight excluding hydrogens is 1210 g/mol. The number of carbonyl (C=O) groups excluding carboxylic acids is 2. The molecule has 0 aromatic rings. The number of esters is 2. The van der Waals surface area contributed by atoms with Gasteiger partial charge < -0.3 is 18.9 Å². The van der Waals surface area contributed by atoms with Crippen LogP contribution in [0, 0.1) is 0 Å². The van der Waals surface area contributed by atoms with Crippen molar-refractivity contribution in [3.63, 3.8) is 0 Å². The summed E-state index contributed by atoms with van der Waals surface area (Å²) in [6.07, 6.45) is 119. The molecule has 1 N–H and O–H groups in total. The highest BCUT2D eigenvalue weighted by molar-refractivity contribution is 7.47. The maximum atomic E-state index is 12.9. The number of carbonyl (C=O) groups is 2. The first-order valence-electron chi connectivity index (χ1n) is 37.1. The van der Waals surface area contributed by atoms with Crippen molar-refractivity contribution in [3.8, 4) is 0 Å². The molecule has 0 spiro atoms. The van der Waals surface area contributed by atoms with Crippen LogP contribution in [0.15, 0.2) is 231 Å². The molecule has 2 atom stereocenters. The summed E-state index contributed by atoms with van der Waals surface area (Å²) in [5.74, 6) is -0.847. The van der Waals surface area contributed by atoms with Gasteiger partial charge in [0.2, 0.25) is 0 Å². The van der Waals surface area contributed by atoms with Crippen molar-refractivity contribution in [1.29, 1.82) is 0 Å². The van der Waals surface area contributed by atoms with E-state index in [1.54, 1.807) is 0 Å². The van der Waals surface area contributed by atoms with Crippen LogP contribution in [0.1, 0.15) is 245 Å². The van der Waals surface area contributed by atoms with Crippen molar-refractivity contribution in [3.05, 3.63) is 231 Å². The number of hydrogen-bond acceptors (Lipinski definition) is 7. The molecule has 0 rings (SSSR count). The maximum Gasteiger partial charge on any atom is 0.472 e. The first kappa shape index (κ1) is 90.1. The van der Waals surface area contributed by atoms with Crippen LogP contribution in [0.2, 0.25) is 0 Å². The Morgan fingerprint density at radius 1 is 0.323 bits per heavy atom. The molecule has 0 aliphatic carbocycles. The molecule has 0 aliphatic heterocycles. The largest absolute Gasteiger partial charge is 0.472 e. The van der Waals surface area contributed by atoms with Crippen LogP contribution < -0.4 is 0 Å². The summed E-state index contributed by atoms with van der Waals surface area (Å²) in [7, 11) is 1.42. The maximum absolute atomic E-state index is 12.9. The van der Waals surface area contributed by atoms with Crippen molar-refractivity contribution < 1.29 is 42.1 Å². The minimum absolute atomic E-state index is 0.0129. The molecule has 0 aromatic carbocycles. The van der Waals surface area contributed by atoms with Gasteiger partial charge in [-0.05, 0) is 161 Å². The van der Waals surface area contributed by atoms with E-state index in [0.29, 0.717) is 23.9 Å². The summed E-state index contributed by atoms with van der Waals surface area (Å²) in [6.45, 7) is 4.14. The summed E-state index contributed by atoms with van der Waals surface area (Å²) in [5.41, 5.74) is 0. The third-order valence-corrected chi connectivity index (χ3v) is 15.7. The Morgan fingerprint density at radius 3 is 0.833 bits per heavy atom. The molecule has 0 heterocycles. The second kappa shape index (κ2) is 73.3. The molecule has 0 amide bonds. The molecule has 10 heteroatoms.